The van der Waals surface area contributed by atoms with Crippen LogP contribution in [-0.2, 0) is 0 Å². The maximum Gasteiger partial charge on any atom is 0.319 e. The Morgan fingerprint density at radius 3 is 2.32 bits per heavy atom. The summed E-state index contributed by atoms with van der Waals surface area (Å²) < 4.78 is 5.06. The van der Waals surface area contributed by atoms with Gasteiger partial charge >= 0.3 is 6.03 Å². The van der Waals surface area contributed by atoms with E-state index in [1.165, 1.54) is 0 Å². The maximum atomic E-state index is 12.0. The van der Waals surface area contributed by atoms with E-state index >= 15 is 0 Å². The summed E-state index contributed by atoms with van der Waals surface area (Å²) in [6.45, 7) is 1.88. The van der Waals surface area contributed by atoms with Gasteiger partial charge in [-0.3, -0.25) is 0 Å². The molecular formula is C17H17N3O2. The first-order valence-electron chi connectivity index (χ1n) is 6.84. The van der Waals surface area contributed by atoms with Crippen LogP contribution in [0.4, 0.5) is 10.5 Å². The highest BCUT2D eigenvalue weighted by molar-refractivity contribution is 5.89. The van der Waals surface area contributed by atoms with E-state index in [0.717, 1.165) is 11.3 Å². The van der Waals surface area contributed by atoms with E-state index in [-0.39, 0.29) is 12.1 Å². The molecule has 2 N–H and O–H groups in total. The van der Waals surface area contributed by atoms with Gasteiger partial charge in [-0.25, -0.2) is 4.79 Å². The molecule has 0 unspecified atom stereocenters. The smallest absolute Gasteiger partial charge is 0.319 e. The lowest BCUT2D eigenvalue weighted by Gasteiger charge is -2.15. The molecule has 0 saturated heterocycles. The van der Waals surface area contributed by atoms with Gasteiger partial charge in [-0.1, -0.05) is 12.1 Å². The van der Waals surface area contributed by atoms with Crippen LogP contribution in [0.2, 0.25) is 0 Å². The number of anilines is 1. The summed E-state index contributed by atoms with van der Waals surface area (Å²) in [7, 11) is 1.59. The van der Waals surface area contributed by atoms with Gasteiger partial charge < -0.3 is 15.4 Å². The van der Waals surface area contributed by atoms with Gasteiger partial charge in [0.1, 0.15) is 5.75 Å². The van der Waals surface area contributed by atoms with Crippen molar-refractivity contribution in [2.24, 2.45) is 0 Å². The Labute approximate surface area is 129 Å². The highest BCUT2D eigenvalue weighted by atomic mass is 16.5. The minimum absolute atomic E-state index is 0.161. The number of carbonyl (C=O) groups excluding carboxylic acids is 1. The molecule has 0 heterocycles. The van der Waals surface area contributed by atoms with Crippen molar-refractivity contribution in [2.75, 3.05) is 12.4 Å². The van der Waals surface area contributed by atoms with Crippen LogP contribution in [0.1, 0.15) is 24.1 Å². The fourth-order valence-electron chi connectivity index (χ4n) is 1.97. The number of hydrogen-bond acceptors (Lipinski definition) is 3. The molecule has 5 nitrogen and oxygen atoms in total. The summed E-state index contributed by atoms with van der Waals surface area (Å²) in [5.74, 6) is 0.733. The number of nitrogens with one attached hydrogen (secondary N) is 2. The van der Waals surface area contributed by atoms with Crippen LogP contribution < -0.4 is 15.4 Å². The maximum absolute atomic E-state index is 12.0. The fraction of sp³-hybridized carbons (Fsp3) is 0.176. The molecule has 0 spiro atoms. The number of benzene rings is 2. The van der Waals surface area contributed by atoms with Crippen molar-refractivity contribution >= 4 is 11.7 Å². The quantitative estimate of drug-likeness (QED) is 0.907. The molecule has 22 heavy (non-hydrogen) atoms. The molecule has 0 radical (unpaired) electrons. The van der Waals surface area contributed by atoms with Crippen molar-refractivity contribution in [3.63, 3.8) is 0 Å². The van der Waals surface area contributed by atoms with Gasteiger partial charge in [0.05, 0.1) is 24.8 Å². The molecule has 5 heteroatoms. The summed E-state index contributed by atoms with van der Waals surface area (Å²) >= 11 is 0. The third-order valence-electron chi connectivity index (χ3n) is 3.24. The van der Waals surface area contributed by atoms with E-state index in [1.54, 1.807) is 43.5 Å². The molecule has 2 amide bonds. The van der Waals surface area contributed by atoms with Gasteiger partial charge in [-0.2, -0.15) is 5.26 Å². The summed E-state index contributed by atoms with van der Waals surface area (Å²) in [4.78, 5) is 12.0. The van der Waals surface area contributed by atoms with Gasteiger partial charge in [-0.05, 0) is 48.9 Å². The van der Waals surface area contributed by atoms with Crippen molar-refractivity contribution in [1.82, 2.24) is 5.32 Å². The summed E-state index contributed by atoms with van der Waals surface area (Å²) in [6, 6.07) is 15.8. The van der Waals surface area contributed by atoms with Gasteiger partial charge in [0.25, 0.3) is 0 Å². The lowest BCUT2D eigenvalue weighted by Crippen LogP contribution is -2.31. The van der Waals surface area contributed by atoms with E-state index in [0.29, 0.717) is 11.3 Å². The molecule has 1 atom stereocenters. The van der Waals surface area contributed by atoms with Gasteiger partial charge in [-0.15, -0.1) is 0 Å². The normalized spacial score (nSPS) is 11.1. The van der Waals surface area contributed by atoms with Crippen LogP contribution in [0.15, 0.2) is 48.5 Å². The SMILES string of the molecule is COc1ccc(NC(=O)N[C@@H](C)c2ccc(C#N)cc2)cc1. The number of urea groups is 1. The Morgan fingerprint density at radius 1 is 1.14 bits per heavy atom. The van der Waals surface area contributed by atoms with Gasteiger partial charge in [0, 0.05) is 5.69 Å². The number of amides is 2. The van der Waals surface area contributed by atoms with Crippen molar-refractivity contribution in [3.05, 3.63) is 59.7 Å². The molecule has 0 aliphatic carbocycles. The average molecular weight is 295 g/mol. The number of carbonyl (C=O) groups is 1. The van der Waals surface area contributed by atoms with E-state index in [2.05, 4.69) is 16.7 Å². The summed E-state index contributed by atoms with van der Waals surface area (Å²) in [6.07, 6.45) is 0. The highest BCUT2D eigenvalue weighted by Crippen LogP contribution is 2.16. The molecule has 2 rings (SSSR count). The average Bonchev–Trinajstić information content (AvgIpc) is 2.55. The Hall–Kier alpha value is -3.00. The molecule has 0 fully saturated rings. The molecule has 0 saturated carbocycles. The number of hydrogen-bond donors (Lipinski definition) is 2. The van der Waals surface area contributed by atoms with Crippen LogP contribution in [0.3, 0.4) is 0 Å². The first kappa shape index (κ1) is 15.4. The second kappa shape index (κ2) is 7.14. The van der Waals surface area contributed by atoms with E-state index in [9.17, 15) is 4.79 Å². The first-order chi connectivity index (χ1) is 10.6. The second-order valence-electron chi connectivity index (χ2n) is 4.78. The van der Waals surface area contributed by atoms with Crippen LogP contribution >= 0.6 is 0 Å². The van der Waals surface area contributed by atoms with Crippen LogP contribution in [0, 0.1) is 11.3 Å². The minimum Gasteiger partial charge on any atom is -0.497 e. The largest absolute Gasteiger partial charge is 0.497 e. The van der Waals surface area contributed by atoms with Crippen molar-refractivity contribution in [2.45, 2.75) is 13.0 Å². The number of nitrogens with zero attached hydrogens (tertiary/aromatic N) is 1. The fourth-order valence-corrected chi connectivity index (χ4v) is 1.97. The zero-order valence-corrected chi connectivity index (χ0v) is 12.5. The molecule has 2 aromatic rings. The molecule has 0 aliphatic heterocycles. The van der Waals surface area contributed by atoms with Crippen molar-refractivity contribution in [1.29, 1.82) is 5.26 Å². The molecule has 0 aliphatic rings. The van der Waals surface area contributed by atoms with E-state index in [1.807, 2.05) is 19.1 Å². The monoisotopic (exact) mass is 295 g/mol. The standard InChI is InChI=1S/C17H17N3O2/c1-12(14-5-3-13(11-18)4-6-14)19-17(21)20-15-7-9-16(22-2)10-8-15/h3-10,12H,1-2H3,(H2,19,20,21)/t12-/m0/s1. The summed E-state index contributed by atoms with van der Waals surface area (Å²) in [5, 5.41) is 14.4. The Balaban J connectivity index is 1.93. The molecule has 0 aromatic heterocycles. The predicted octanol–water partition coefficient (Wildman–Crippen LogP) is 3.45. The van der Waals surface area contributed by atoms with Crippen LogP contribution in [0.25, 0.3) is 0 Å². The predicted molar refractivity (Wildman–Crippen MR) is 84.7 cm³/mol. The Bertz CT molecular complexity index is 673. The number of nitriles is 1. The second-order valence-corrected chi connectivity index (χ2v) is 4.78. The zero-order chi connectivity index (χ0) is 15.9. The third kappa shape index (κ3) is 4.00. The molecule has 0 bridgehead atoms. The number of rotatable bonds is 4. The topological polar surface area (TPSA) is 74.2 Å². The van der Waals surface area contributed by atoms with E-state index < -0.39 is 0 Å². The van der Waals surface area contributed by atoms with Gasteiger partial charge in [0.2, 0.25) is 0 Å². The molecule has 2 aromatic carbocycles. The Morgan fingerprint density at radius 2 is 1.77 bits per heavy atom. The molecule has 112 valence electrons. The first-order valence-corrected chi connectivity index (χ1v) is 6.84. The van der Waals surface area contributed by atoms with Crippen LogP contribution in [-0.4, -0.2) is 13.1 Å². The van der Waals surface area contributed by atoms with Crippen molar-refractivity contribution in [3.8, 4) is 11.8 Å². The number of methoxy groups -OCH3 is 1. The zero-order valence-electron chi connectivity index (χ0n) is 12.5. The minimum atomic E-state index is -0.290. The highest BCUT2D eigenvalue weighted by Gasteiger charge is 2.09. The van der Waals surface area contributed by atoms with Gasteiger partial charge in [0.15, 0.2) is 0 Å². The van der Waals surface area contributed by atoms with Crippen LogP contribution in [0.5, 0.6) is 5.75 Å². The Kier molecular flexibility index (Phi) is 4.99. The van der Waals surface area contributed by atoms with Crippen molar-refractivity contribution < 1.29 is 9.53 Å². The van der Waals surface area contributed by atoms with E-state index in [4.69, 9.17) is 10.00 Å². The lowest BCUT2D eigenvalue weighted by molar-refractivity contribution is 0.249. The molecular weight excluding hydrogens is 278 g/mol. The number of ether oxygens (including phenoxy) is 1. The summed E-state index contributed by atoms with van der Waals surface area (Å²) in [5.41, 5.74) is 2.22. The third-order valence-corrected chi connectivity index (χ3v) is 3.24. The lowest BCUT2D eigenvalue weighted by atomic mass is 10.1.